The summed E-state index contributed by atoms with van der Waals surface area (Å²) < 4.78 is 34.0. The summed E-state index contributed by atoms with van der Waals surface area (Å²) >= 11 is 0. The van der Waals surface area contributed by atoms with Gasteiger partial charge in [-0.1, -0.05) is 25.1 Å². The van der Waals surface area contributed by atoms with Gasteiger partial charge in [0.1, 0.15) is 5.75 Å². The second-order valence-corrected chi connectivity index (χ2v) is 8.22. The highest BCUT2D eigenvalue weighted by Gasteiger charge is 2.24. The number of halogens is 2. The van der Waals surface area contributed by atoms with Gasteiger partial charge in [-0.15, -0.1) is 0 Å². The van der Waals surface area contributed by atoms with Crippen molar-refractivity contribution in [3.05, 3.63) is 59.7 Å². The second-order valence-electron chi connectivity index (χ2n) is 8.22. The fraction of sp³-hybridized carbons (Fsp3) is 0.440. The number of carbonyl (C=O) groups is 2. The lowest BCUT2D eigenvalue weighted by atomic mass is 10.1. The minimum atomic E-state index is -1.02. The average Bonchev–Trinajstić information content (AvgIpc) is 2.81. The molecule has 178 valence electrons. The summed E-state index contributed by atoms with van der Waals surface area (Å²) in [5, 5.41) is 0. The molecule has 0 aromatic heterocycles. The van der Waals surface area contributed by atoms with Crippen molar-refractivity contribution in [3.8, 4) is 5.75 Å². The Bertz CT molecular complexity index is 955. The van der Waals surface area contributed by atoms with E-state index < -0.39 is 11.6 Å². The largest absolute Gasteiger partial charge is 0.484 e. The monoisotopic (exact) mass is 459 g/mol. The summed E-state index contributed by atoms with van der Waals surface area (Å²) in [6.45, 7) is 3.97. The van der Waals surface area contributed by atoms with Gasteiger partial charge in [0.15, 0.2) is 18.2 Å². The van der Waals surface area contributed by atoms with Crippen molar-refractivity contribution in [3.63, 3.8) is 0 Å². The minimum Gasteiger partial charge on any atom is -0.484 e. The fourth-order valence-electron chi connectivity index (χ4n) is 3.92. The van der Waals surface area contributed by atoms with E-state index in [9.17, 15) is 18.4 Å². The van der Waals surface area contributed by atoms with Crippen LogP contribution in [-0.2, 0) is 16.1 Å². The summed E-state index contributed by atoms with van der Waals surface area (Å²) in [6.07, 6.45) is 1.67. The minimum absolute atomic E-state index is 0.0563. The molecule has 0 saturated carbocycles. The number of anilines is 1. The Morgan fingerprint density at radius 3 is 2.30 bits per heavy atom. The molecule has 33 heavy (non-hydrogen) atoms. The van der Waals surface area contributed by atoms with E-state index in [0.717, 1.165) is 31.6 Å². The highest BCUT2D eigenvalue weighted by Crippen LogP contribution is 2.27. The first-order chi connectivity index (χ1) is 15.9. The highest BCUT2D eigenvalue weighted by molar-refractivity contribution is 5.94. The number of hydrogen-bond acceptors (Lipinski definition) is 4. The molecule has 2 aromatic carbocycles. The van der Waals surface area contributed by atoms with E-state index in [1.165, 1.54) is 4.90 Å². The third kappa shape index (κ3) is 6.74. The summed E-state index contributed by atoms with van der Waals surface area (Å²) in [4.78, 5) is 31.0. The molecule has 2 aromatic rings. The molecule has 0 saturated heterocycles. The molecule has 0 fully saturated rings. The molecule has 0 spiro atoms. The maximum Gasteiger partial charge on any atom is 0.260 e. The molecule has 1 aliphatic rings. The number of nitrogens with zero attached hydrogens (tertiary/aromatic N) is 3. The van der Waals surface area contributed by atoms with Gasteiger partial charge >= 0.3 is 0 Å². The number of rotatable bonds is 4. The van der Waals surface area contributed by atoms with Gasteiger partial charge in [-0.2, -0.15) is 0 Å². The van der Waals surface area contributed by atoms with E-state index >= 15 is 0 Å². The van der Waals surface area contributed by atoms with Crippen LogP contribution < -0.4 is 9.64 Å². The molecule has 0 aliphatic carbocycles. The summed E-state index contributed by atoms with van der Waals surface area (Å²) in [5.41, 5.74) is 0.712. The van der Waals surface area contributed by atoms with Gasteiger partial charge in [0, 0.05) is 32.1 Å². The van der Waals surface area contributed by atoms with E-state index in [1.54, 1.807) is 24.0 Å². The van der Waals surface area contributed by atoms with Crippen LogP contribution in [0.3, 0.4) is 0 Å². The van der Waals surface area contributed by atoms with Crippen LogP contribution in [0.15, 0.2) is 42.5 Å². The van der Waals surface area contributed by atoms with Crippen LogP contribution in [0.4, 0.5) is 14.5 Å². The standard InChI is InChI=1S/C25H31F2N3O3/c1-3-24(31)30-14-8-12-28(2)11-7-13-29(17-19-15-21(26)22(27)16-23(19)30)25(32)18-33-20-9-5-4-6-10-20/h4-6,9-10,15-16H,3,7-8,11-14,17-18H2,1-2H3. The van der Waals surface area contributed by atoms with Crippen molar-refractivity contribution < 1.29 is 23.1 Å². The number of benzene rings is 2. The lowest BCUT2D eigenvalue weighted by molar-refractivity contribution is -0.134. The van der Waals surface area contributed by atoms with Crippen LogP contribution in [-0.4, -0.2) is 61.4 Å². The smallest absolute Gasteiger partial charge is 0.260 e. The normalized spacial score (nSPS) is 15.9. The predicted octanol–water partition coefficient (Wildman–Crippen LogP) is 3.84. The molecule has 6 nitrogen and oxygen atoms in total. The zero-order valence-electron chi connectivity index (χ0n) is 19.2. The second kappa shape index (κ2) is 11.7. The van der Waals surface area contributed by atoms with E-state index in [4.69, 9.17) is 4.74 Å². The Hall–Kier alpha value is -3.00. The Kier molecular flexibility index (Phi) is 8.77. The molecule has 8 heteroatoms. The summed E-state index contributed by atoms with van der Waals surface area (Å²) in [5.74, 6) is -1.88. The Labute approximate surface area is 193 Å². The van der Waals surface area contributed by atoms with Crippen LogP contribution in [0.25, 0.3) is 0 Å². The van der Waals surface area contributed by atoms with E-state index in [-0.39, 0.29) is 31.4 Å². The van der Waals surface area contributed by atoms with Crippen LogP contribution in [0.1, 0.15) is 31.7 Å². The zero-order chi connectivity index (χ0) is 23.8. The van der Waals surface area contributed by atoms with Gasteiger partial charge in [0.25, 0.3) is 5.91 Å². The third-order valence-electron chi connectivity index (χ3n) is 5.72. The van der Waals surface area contributed by atoms with Crippen LogP contribution in [0.2, 0.25) is 0 Å². The molecular weight excluding hydrogens is 428 g/mol. The summed E-state index contributed by atoms with van der Waals surface area (Å²) in [6, 6.07) is 11.2. The molecule has 0 radical (unpaired) electrons. The average molecular weight is 460 g/mol. The van der Waals surface area contributed by atoms with Crippen molar-refractivity contribution in [2.24, 2.45) is 0 Å². The molecule has 1 heterocycles. The first-order valence-electron chi connectivity index (χ1n) is 11.3. The van der Waals surface area contributed by atoms with Crippen molar-refractivity contribution in [1.29, 1.82) is 0 Å². The maximum atomic E-state index is 14.2. The van der Waals surface area contributed by atoms with Gasteiger partial charge in [-0.3, -0.25) is 9.59 Å². The van der Waals surface area contributed by atoms with Gasteiger partial charge in [0.05, 0.1) is 5.69 Å². The van der Waals surface area contributed by atoms with E-state index in [2.05, 4.69) is 4.90 Å². The lowest BCUT2D eigenvalue weighted by Crippen LogP contribution is -2.39. The maximum absolute atomic E-state index is 14.2. The Morgan fingerprint density at radius 2 is 1.61 bits per heavy atom. The van der Waals surface area contributed by atoms with E-state index in [0.29, 0.717) is 36.5 Å². The number of fused-ring (bicyclic) bond motifs is 1. The molecule has 0 unspecified atom stereocenters. The summed E-state index contributed by atoms with van der Waals surface area (Å²) in [7, 11) is 1.99. The highest BCUT2D eigenvalue weighted by atomic mass is 19.2. The molecule has 2 amide bonds. The Morgan fingerprint density at radius 1 is 0.939 bits per heavy atom. The van der Waals surface area contributed by atoms with E-state index in [1.807, 2.05) is 25.2 Å². The fourth-order valence-corrected chi connectivity index (χ4v) is 3.92. The number of carbonyl (C=O) groups excluding carboxylic acids is 2. The van der Waals surface area contributed by atoms with Crippen molar-refractivity contribution in [2.45, 2.75) is 32.7 Å². The first-order valence-corrected chi connectivity index (χ1v) is 11.3. The molecular formula is C25H31F2N3O3. The molecule has 0 bridgehead atoms. The van der Waals surface area contributed by atoms with Crippen molar-refractivity contribution in [2.75, 3.05) is 44.7 Å². The zero-order valence-corrected chi connectivity index (χ0v) is 19.2. The van der Waals surface area contributed by atoms with Gasteiger partial charge in [-0.05, 0) is 56.7 Å². The third-order valence-corrected chi connectivity index (χ3v) is 5.72. The number of para-hydroxylation sites is 1. The number of hydrogen-bond donors (Lipinski definition) is 0. The van der Waals surface area contributed by atoms with Crippen LogP contribution in [0, 0.1) is 11.6 Å². The van der Waals surface area contributed by atoms with Crippen LogP contribution >= 0.6 is 0 Å². The predicted molar refractivity (Wildman–Crippen MR) is 123 cm³/mol. The van der Waals surface area contributed by atoms with Crippen LogP contribution in [0.5, 0.6) is 5.75 Å². The molecule has 1 aliphatic heterocycles. The van der Waals surface area contributed by atoms with Crippen molar-refractivity contribution >= 4 is 17.5 Å². The molecule has 0 atom stereocenters. The topological polar surface area (TPSA) is 53.1 Å². The molecule has 0 N–H and O–H groups in total. The first kappa shape index (κ1) is 24.6. The SMILES string of the molecule is CCC(=O)N1CCCN(C)CCCN(C(=O)COc2ccccc2)Cc2cc(F)c(F)cc21. The quantitative estimate of drug-likeness (QED) is 0.697. The van der Waals surface area contributed by atoms with Gasteiger partial charge in [-0.25, -0.2) is 8.78 Å². The number of ether oxygens (including phenoxy) is 1. The molecule has 3 rings (SSSR count). The number of amides is 2. The lowest BCUT2D eigenvalue weighted by Gasteiger charge is -2.31. The van der Waals surface area contributed by atoms with Crippen molar-refractivity contribution in [1.82, 2.24) is 9.80 Å². The van der Waals surface area contributed by atoms with Gasteiger partial charge in [0.2, 0.25) is 5.91 Å². The Balaban J connectivity index is 1.91. The van der Waals surface area contributed by atoms with Gasteiger partial charge < -0.3 is 19.4 Å².